The van der Waals surface area contributed by atoms with E-state index in [1.54, 1.807) is 38.4 Å². The number of carbonyl (C=O) groups excluding carboxylic acids is 1. The summed E-state index contributed by atoms with van der Waals surface area (Å²) in [6.45, 7) is 2.41. The molecule has 2 aromatic rings. The fraction of sp³-hybridized carbons (Fsp3) is 0.294. The first-order valence-corrected chi connectivity index (χ1v) is 6.98. The van der Waals surface area contributed by atoms with E-state index in [0.29, 0.717) is 12.1 Å². The minimum Gasteiger partial charge on any atom is -0.496 e. The van der Waals surface area contributed by atoms with Gasteiger partial charge in [-0.25, -0.2) is 0 Å². The van der Waals surface area contributed by atoms with E-state index < -0.39 is 0 Å². The van der Waals surface area contributed by atoms with E-state index >= 15 is 0 Å². The molecule has 1 aromatic carbocycles. The van der Waals surface area contributed by atoms with Gasteiger partial charge in [0, 0.05) is 44.0 Å². The Morgan fingerprint density at radius 1 is 1.27 bits per heavy atom. The van der Waals surface area contributed by atoms with Crippen molar-refractivity contribution in [2.24, 2.45) is 7.05 Å². The molecule has 0 unspecified atom stereocenters. The molecule has 0 saturated heterocycles. The lowest BCUT2D eigenvalue weighted by Crippen LogP contribution is -2.28. The zero-order valence-corrected chi connectivity index (χ0v) is 13.3. The number of benzene rings is 1. The molecule has 0 saturated carbocycles. The molecule has 1 heterocycles. The van der Waals surface area contributed by atoms with Crippen LogP contribution in [-0.2, 0) is 13.6 Å². The minimum absolute atomic E-state index is 0.193. The SMILES string of the molecule is COc1ccc(C)cc1CN(C)C(=O)c1ccn(C)c(=O)c1. The van der Waals surface area contributed by atoms with Crippen LogP contribution in [0.15, 0.2) is 41.3 Å². The Hall–Kier alpha value is -2.56. The van der Waals surface area contributed by atoms with E-state index in [2.05, 4.69) is 0 Å². The van der Waals surface area contributed by atoms with Crippen molar-refractivity contribution in [2.45, 2.75) is 13.5 Å². The average Bonchev–Trinajstić information content (AvgIpc) is 2.49. The van der Waals surface area contributed by atoms with Gasteiger partial charge in [0.15, 0.2) is 0 Å². The van der Waals surface area contributed by atoms with Gasteiger partial charge in [-0.15, -0.1) is 0 Å². The van der Waals surface area contributed by atoms with Gasteiger partial charge < -0.3 is 14.2 Å². The average molecular weight is 300 g/mol. The summed E-state index contributed by atoms with van der Waals surface area (Å²) < 4.78 is 6.76. The summed E-state index contributed by atoms with van der Waals surface area (Å²) in [5.74, 6) is 0.551. The summed E-state index contributed by atoms with van der Waals surface area (Å²) in [6.07, 6.45) is 1.59. The van der Waals surface area contributed by atoms with E-state index in [-0.39, 0.29) is 11.5 Å². The number of aryl methyl sites for hydroxylation is 2. The van der Waals surface area contributed by atoms with Gasteiger partial charge in [0.05, 0.1) is 7.11 Å². The zero-order valence-electron chi connectivity index (χ0n) is 13.3. The van der Waals surface area contributed by atoms with E-state index in [0.717, 1.165) is 16.9 Å². The van der Waals surface area contributed by atoms with Crippen molar-refractivity contribution in [2.75, 3.05) is 14.2 Å². The molecule has 0 atom stereocenters. The Balaban J connectivity index is 2.23. The van der Waals surface area contributed by atoms with E-state index in [9.17, 15) is 9.59 Å². The van der Waals surface area contributed by atoms with Gasteiger partial charge in [-0.05, 0) is 19.1 Å². The molecule has 0 fully saturated rings. The Labute approximate surface area is 129 Å². The highest BCUT2D eigenvalue weighted by molar-refractivity contribution is 5.93. The molecule has 0 aliphatic heterocycles. The summed E-state index contributed by atoms with van der Waals surface area (Å²) in [5.41, 5.74) is 2.22. The number of aromatic nitrogens is 1. The molecule has 0 N–H and O–H groups in total. The number of hydrogen-bond donors (Lipinski definition) is 0. The smallest absolute Gasteiger partial charge is 0.254 e. The van der Waals surface area contributed by atoms with E-state index in [4.69, 9.17) is 4.74 Å². The van der Waals surface area contributed by atoms with E-state index in [1.165, 1.54) is 10.6 Å². The van der Waals surface area contributed by atoms with Crippen LogP contribution in [0.2, 0.25) is 0 Å². The fourth-order valence-electron chi connectivity index (χ4n) is 2.26. The second-order valence-electron chi connectivity index (χ2n) is 5.34. The van der Waals surface area contributed by atoms with Crippen molar-refractivity contribution >= 4 is 5.91 Å². The monoisotopic (exact) mass is 300 g/mol. The maximum Gasteiger partial charge on any atom is 0.254 e. The number of hydrogen-bond acceptors (Lipinski definition) is 3. The fourth-order valence-corrected chi connectivity index (χ4v) is 2.26. The van der Waals surface area contributed by atoms with Crippen LogP contribution in [0.25, 0.3) is 0 Å². The van der Waals surface area contributed by atoms with Crippen LogP contribution in [0, 0.1) is 6.92 Å². The second-order valence-corrected chi connectivity index (χ2v) is 5.34. The highest BCUT2D eigenvalue weighted by Crippen LogP contribution is 2.21. The lowest BCUT2D eigenvalue weighted by Gasteiger charge is -2.19. The minimum atomic E-state index is -0.201. The van der Waals surface area contributed by atoms with Crippen LogP contribution in [0.4, 0.5) is 0 Å². The highest BCUT2D eigenvalue weighted by atomic mass is 16.5. The van der Waals surface area contributed by atoms with Gasteiger partial charge in [0.2, 0.25) is 0 Å². The predicted molar refractivity (Wildman–Crippen MR) is 85.2 cm³/mol. The van der Waals surface area contributed by atoms with Gasteiger partial charge in [-0.3, -0.25) is 9.59 Å². The molecular weight excluding hydrogens is 280 g/mol. The number of methoxy groups -OCH3 is 1. The molecule has 0 aliphatic carbocycles. The molecule has 0 bridgehead atoms. The van der Waals surface area contributed by atoms with Crippen molar-refractivity contribution < 1.29 is 9.53 Å². The van der Waals surface area contributed by atoms with Gasteiger partial charge in [-0.1, -0.05) is 17.7 Å². The van der Waals surface area contributed by atoms with Crippen molar-refractivity contribution in [3.63, 3.8) is 0 Å². The summed E-state index contributed by atoms with van der Waals surface area (Å²) in [6, 6.07) is 8.85. The van der Waals surface area contributed by atoms with Gasteiger partial charge in [0.1, 0.15) is 5.75 Å². The van der Waals surface area contributed by atoms with E-state index in [1.807, 2.05) is 25.1 Å². The van der Waals surface area contributed by atoms with Crippen LogP contribution in [0.5, 0.6) is 5.75 Å². The second kappa shape index (κ2) is 6.47. The molecule has 2 rings (SSSR count). The normalized spacial score (nSPS) is 10.4. The molecule has 22 heavy (non-hydrogen) atoms. The standard InChI is InChI=1S/C17H20N2O3/c1-12-5-6-15(22-4)14(9-12)11-19(3)17(21)13-7-8-18(2)16(20)10-13/h5-10H,11H2,1-4H3. The Morgan fingerprint density at radius 3 is 2.64 bits per heavy atom. The quantitative estimate of drug-likeness (QED) is 0.867. The zero-order chi connectivity index (χ0) is 16.3. The largest absolute Gasteiger partial charge is 0.496 e. The lowest BCUT2D eigenvalue weighted by molar-refractivity contribution is 0.0784. The summed E-state index contributed by atoms with van der Waals surface area (Å²) in [5, 5.41) is 0. The molecule has 5 nitrogen and oxygen atoms in total. The molecule has 1 aromatic heterocycles. The summed E-state index contributed by atoms with van der Waals surface area (Å²) >= 11 is 0. The number of nitrogens with zero attached hydrogens (tertiary/aromatic N) is 2. The third-order valence-corrected chi connectivity index (χ3v) is 3.54. The van der Waals surface area contributed by atoms with Crippen LogP contribution in [-0.4, -0.2) is 29.5 Å². The first-order valence-electron chi connectivity index (χ1n) is 6.98. The first-order chi connectivity index (χ1) is 10.4. The van der Waals surface area contributed by atoms with Crippen molar-refractivity contribution in [1.29, 1.82) is 0 Å². The summed E-state index contributed by atoms with van der Waals surface area (Å²) in [4.78, 5) is 25.7. The number of ether oxygens (including phenoxy) is 1. The lowest BCUT2D eigenvalue weighted by atomic mass is 10.1. The number of carbonyl (C=O) groups is 1. The Kier molecular flexibility index (Phi) is 4.65. The van der Waals surface area contributed by atoms with Crippen LogP contribution in [0.1, 0.15) is 21.5 Å². The Morgan fingerprint density at radius 2 is 2.00 bits per heavy atom. The van der Waals surface area contributed by atoms with Crippen LogP contribution in [0.3, 0.4) is 0 Å². The topological polar surface area (TPSA) is 51.5 Å². The van der Waals surface area contributed by atoms with Gasteiger partial charge in [0.25, 0.3) is 11.5 Å². The molecule has 116 valence electrons. The molecule has 0 radical (unpaired) electrons. The van der Waals surface area contributed by atoms with Crippen LogP contribution < -0.4 is 10.3 Å². The number of rotatable bonds is 4. The number of pyridine rings is 1. The molecule has 0 spiro atoms. The predicted octanol–water partition coefficient (Wildman–Crippen LogP) is 1.97. The third kappa shape index (κ3) is 3.36. The van der Waals surface area contributed by atoms with Gasteiger partial charge >= 0.3 is 0 Å². The summed E-state index contributed by atoms with van der Waals surface area (Å²) in [7, 11) is 4.97. The van der Waals surface area contributed by atoms with Gasteiger partial charge in [-0.2, -0.15) is 0 Å². The maximum absolute atomic E-state index is 12.4. The first kappa shape index (κ1) is 15.8. The van der Waals surface area contributed by atoms with Crippen molar-refractivity contribution in [3.05, 3.63) is 63.6 Å². The molecule has 0 aliphatic rings. The highest BCUT2D eigenvalue weighted by Gasteiger charge is 2.15. The third-order valence-electron chi connectivity index (χ3n) is 3.54. The number of amides is 1. The molecular formula is C17H20N2O3. The van der Waals surface area contributed by atoms with Crippen LogP contribution >= 0.6 is 0 Å². The maximum atomic E-state index is 12.4. The van der Waals surface area contributed by atoms with Crippen molar-refractivity contribution in [1.82, 2.24) is 9.47 Å². The molecule has 5 heteroatoms. The molecule has 1 amide bonds. The Bertz CT molecular complexity index is 750. The van der Waals surface area contributed by atoms with Crippen molar-refractivity contribution in [3.8, 4) is 5.75 Å².